The number of halogens is 1. The molecule has 0 saturated carbocycles. The van der Waals surface area contributed by atoms with E-state index in [0.29, 0.717) is 25.7 Å². The minimum atomic E-state index is -0.769. The fraction of sp³-hybridized carbons (Fsp3) is 0.750. The molecule has 15 heavy (non-hydrogen) atoms. The van der Waals surface area contributed by atoms with Crippen LogP contribution in [0.5, 0.6) is 0 Å². The van der Waals surface area contributed by atoms with Crippen LogP contribution in [0.1, 0.15) is 45.4 Å². The zero-order valence-corrected chi connectivity index (χ0v) is 9.21. The van der Waals surface area contributed by atoms with Crippen molar-refractivity contribution in [2.24, 2.45) is 5.92 Å². The Morgan fingerprint density at radius 2 is 2.47 bits per heavy atom. The lowest BCUT2D eigenvalue weighted by Crippen LogP contribution is -2.19. The van der Waals surface area contributed by atoms with Crippen molar-refractivity contribution in [3.8, 4) is 0 Å². The van der Waals surface area contributed by atoms with E-state index in [1.165, 1.54) is 0 Å². The number of allylic oxidation sites excluding steroid dienone is 1. The number of rotatable bonds is 5. The van der Waals surface area contributed by atoms with Gasteiger partial charge in [0.2, 0.25) is 0 Å². The Morgan fingerprint density at radius 1 is 1.73 bits per heavy atom. The number of hydrogen-bond donors (Lipinski definition) is 1. The van der Waals surface area contributed by atoms with Crippen molar-refractivity contribution < 1.29 is 14.3 Å². The topological polar surface area (TPSA) is 37.3 Å². The second kappa shape index (κ2) is 5.89. The summed E-state index contributed by atoms with van der Waals surface area (Å²) in [5.74, 6) is -1.13. The second-order valence-corrected chi connectivity index (χ2v) is 4.18. The minimum absolute atomic E-state index is 0.377. The molecule has 1 rings (SSSR count). The molecule has 0 amide bonds. The first-order chi connectivity index (χ1) is 7.15. The molecule has 2 atom stereocenters. The molecule has 0 aromatic rings. The molecule has 1 aliphatic carbocycles. The maximum Gasteiger partial charge on any atom is 0.310 e. The molecule has 1 N–H and O–H groups in total. The van der Waals surface area contributed by atoms with Crippen LogP contribution >= 0.6 is 0 Å². The Kier molecular flexibility index (Phi) is 4.79. The Labute approximate surface area is 90.2 Å². The molecule has 1 aliphatic rings. The van der Waals surface area contributed by atoms with E-state index in [1.54, 1.807) is 6.08 Å². The van der Waals surface area contributed by atoms with Gasteiger partial charge in [-0.05, 0) is 25.7 Å². The largest absolute Gasteiger partial charge is 0.481 e. The third kappa shape index (κ3) is 3.65. The van der Waals surface area contributed by atoms with Gasteiger partial charge in [0.05, 0.1) is 5.92 Å². The lowest BCUT2D eigenvalue weighted by Gasteiger charge is -2.21. The number of alkyl halides is 1. The third-order valence-electron chi connectivity index (χ3n) is 2.97. The van der Waals surface area contributed by atoms with Gasteiger partial charge in [-0.3, -0.25) is 4.79 Å². The Bertz CT molecular complexity index is 248. The summed E-state index contributed by atoms with van der Waals surface area (Å²) in [6.45, 7) is 2.05. The quantitative estimate of drug-likeness (QED) is 0.713. The third-order valence-corrected chi connectivity index (χ3v) is 2.97. The first-order valence-electron chi connectivity index (χ1n) is 5.71. The standard InChI is InChI=1S/C12H19FO2/c1-2-3-4-11(12(14)15)9-5-7-10(13)8-6-9/h5,10-11H,2-4,6-8H2,1H3,(H,14,15). The first kappa shape index (κ1) is 12.2. The van der Waals surface area contributed by atoms with Gasteiger partial charge in [0.1, 0.15) is 6.17 Å². The molecule has 3 heteroatoms. The number of carboxylic acid groups (broad SMARTS) is 1. The number of unbranched alkanes of at least 4 members (excludes halogenated alkanes) is 1. The van der Waals surface area contributed by atoms with Crippen molar-refractivity contribution in [1.29, 1.82) is 0 Å². The number of carboxylic acids is 1. The van der Waals surface area contributed by atoms with E-state index in [2.05, 4.69) is 0 Å². The SMILES string of the molecule is CCCCC(C(=O)O)C1=CCC(F)CC1. The van der Waals surface area contributed by atoms with Crippen LogP contribution in [-0.2, 0) is 4.79 Å². The predicted molar refractivity (Wildman–Crippen MR) is 57.5 cm³/mol. The average molecular weight is 214 g/mol. The lowest BCUT2D eigenvalue weighted by molar-refractivity contribution is -0.140. The Balaban J connectivity index is 2.59. The molecule has 0 heterocycles. The molecular formula is C12H19FO2. The van der Waals surface area contributed by atoms with Crippen LogP contribution in [0.25, 0.3) is 0 Å². The van der Waals surface area contributed by atoms with Crippen molar-refractivity contribution >= 4 is 5.97 Å². The molecule has 86 valence electrons. The highest BCUT2D eigenvalue weighted by Crippen LogP contribution is 2.29. The smallest absolute Gasteiger partial charge is 0.310 e. The molecule has 0 aromatic heterocycles. The zero-order chi connectivity index (χ0) is 11.3. The normalized spacial score (nSPS) is 23.3. The van der Waals surface area contributed by atoms with Gasteiger partial charge in [0, 0.05) is 0 Å². The number of carbonyl (C=O) groups is 1. The van der Waals surface area contributed by atoms with Gasteiger partial charge in [-0.1, -0.05) is 31.4 Å². The van der Waals surface area contributed by atoms with Crippen LogP contribution in [0, 0.1) is 5.92 Å². The molecule has 0 radical (unpaired) electrons. The highest BCUT2D eigenvalue weighted by molar-refractivity contribution is 5.73. The molecule has 2 unspecified atom stereocenters. The van der Waals surface area contributed by atoms with Gasteiger partial charge < -0.3 is 5.11 Å². The van der Waals surface area contributed by atoms with Gasteiger partial charge in [-0.2, -0.15) is 0 Å². The zero-order valence-electron chi connectivity index (χ0n) is 9.21. The molecule has 2 nitrogen and oxygen atoms in total. The molecule has 0 aromatic carbocycles. The monoisotopic (exact) mass is 214 g/mol. The van der Waals surface area contributed by atoms with Crippen LogP contribution in [-0.4, -0.2) is 17.2 Å². The molecule has 0 saturated heterocycles. The summed E-state index contributed by atoms with van der Waals surface area (Å²) in [4.78, 5) is 11.1. The minimum Gasteiger partial charge on any atom is -0.481 e. The average Bonchev–Trinajstić information content (AvgIpc) is 2.21. The molecule has 0 fully saturated rings. The summed E-state index contributed by atoms with van der Waals surface area (Å²) in [6.07, 6.45) is 5.14. The van der Waals surface area contributed by atoms with E-state index in [9.17, 15) is 9.18 Å². The second-order valence-electron chi connectivity index (χ2n) is 4.18. The van der Waals surface area contributed by atoms with Crippen molar-refractivity contribution in [2.75, 3.05) is 0 Å². The van der Waals surface area contributed by atoms with Crippen LogP contribution < -0.4 is 0 Å². The Hall–Kier alpha value is -0.860. The summed E-state index contributed by atoms with van der Waals surface area (Å²) < 4.78 is 12.9. The highest BCUT2D eigenvalue weighted by atomic mass is 19.1. The van der Waals surface area contributed by atoms with E-state index in [4.69, 9.17) is 5.11 Å². The van der Waals surface area contributed by atoms with Crippen LogP contribution in [0.4, 0.5) is 4.39 Å². The van der Waals surface area contributed by atoms with Gasteiger partial charge in [-0.25, -0.2) is 4.39 Å². The maximum absolute atomic E-state index is 12.9. The summed E-state index contributed by atoms with van der Waals surface area (Å²) in [5.41, 5.74) is 0.935. The van der Waals surface area contributed by atoms with Crippen LogP contribution in [0.2, 0.25) is 0 Å². The molecule has 0 bridgehead atoms. The van der Waals surface area contributed by atoms with E-state index in [0.717, 1.165) is 18.4 Å². The van der Waals surface area contributed by atoms with Crippen molar-refractivity contribution in [3.05, 3.63) is 11.6 Å². The van der Waals surface area contributed by atoms with Gasteiger partial charge >= 0.3 is 5.97 Å². The van der Waals surface area contributed by atoms with Gasteiger partial charge in [-0.15, -0.1) is 0 Å². The van der Waals surface area contributed by atoms with Crippen molar-refractivity contribution in [2.45, 2.75) is 51.6 Å². The molecular weight excluding hydrogens is 195 g/mol. The maximum atomic E-state index is 12.9. The van der Waals surface area contributed by atoms with Crippen LogP contribution in [0.3, 0.4) is 0 Å². The highest BCUT2D eigenvalue weighted by Gasteiger charge is 2.24. The van der Waals surface area contributed by atoms with E-state index < -0.39 is 12.1 Å². The summed E-state index contributed by atoms with van der Waals surface area (Å²) in [7, 11) is 0. The lowest BCUT2D eigenvalue weighted by atomic mass is 9.85. The van der Waals surface area contributed by atoms with E-state index >= 15 is 0 Å². The van der Waals surface area contributed by atoms with Crippen molar-refractivity contribution in [1.82, 2.24) is 0 Å². The van der Waals surface area contributed by atoms with Gasteiger partial charge in [0.25, 0.3) is 0 Å². The number of hydrogen-bond acceptors (Lipinski definition) is 1. The Morgan fingerprint density at radius 3 is 2.93 bits per heavy atom. The first-order valence-corrected chi connectivity index (χ1v) is 5.71. The van der Waals surface area contributed by atoms with E-state index in [1.807, 2.05) is 6.92 Å². The summed E-state index contributed by atoms with van der Waals surface area (Å²) in [6, 6.07) is 0. The van der Waals surface area contributed by atoms with Crippen LogP contribution in [0.15, 0.2) is 11.6 Å². The van der Waals surface area contributed by atoms with Gasteiger partial charge in [0.15, 0.2) is 0 Å². The fourth-order valence-electron chi connectivity index (χ4n) is 2.01. The summed E-state index contributed by atoms with van der Waals surface area (Å²) in [5, 5.41) is 9.08. The predicted octanol–water partition coefficient (Wildman–Crippen LogP) is 3.33. The molecule has 0 aliphatic heterocycles. The fourth-order valence-corrected chi connectivity index (χ4v) is 2.01. The summed E-state index contributed by atoms with van der Waals surface area (Å²) >= 11 is 0. The van der Waals surface area contributed by atoms with Crippen molar-refractivity contribution in [3.63, 3.8) is 0 Å². The number of aliphatic carboxylic acids is 1. The van der Waals surface area contributed by atoms with E-state index in [-0.39, 0.29) is 5.92 Å². The molecule has 0 spiro atoms.